The van der Waals surface area contributed by atoms with E-state index >= 15 is 0 Å². The fourth-order valence-corrected chi connectivity index (χ4v) is 3.89. The molecule has 0 saturated carbocycles. The third-order valence-corrected chi connectivity index (χ3v) is 5.75. The molecule has 0 aliphatic rings. The molecule has 4 rings (SSSR count). The van der Waals surface area contributed by atoms with Crippen LogP contribution in [0.15, 0.2) is 66.2 Å². The lowest BCUT2D eigenvalue weighted by molar-refractivity contribution is -0.116. The Bertz CT molecular complexity index is 1150. The van der Waals surface area contributed by atoms with Crippen LogP contribution >= 0.6 is 11.3 Å². The van der Waals surface area contributed by atoms with Gasteiger partial charge in [-0.2, -0.15) is 0 Å². The fourth-order valence-electron chi connectivity index (χ4n) is 3.16. The monoisotopic (exact) mass is 433 g/mol. The molecule has 0 unspecified atom stereocenters. The molecule has 0 aliphatic heterocycles. The number of carbonyl (C=O) groups is 1. The minimum absolute atomic E-state index is 0.111. The number of anilines is 2. The van der Waals surface area contributed by atoms with Crippen molar-refractivity contribution in [2.24, 2.45) is 0 Å². The van der Waals surface area contributed by atoms with Crippen molar-refractivity contribution in [3.8, 4) is 16.2 Å². The van der Waals surface area contributed by atoms with Crippen LogP contribution in [0.5, 0.6) is 5.75 Å². The highest BCUT2D eigenvalue weighted by Gasteiger charge is 2.10. The van der Waals surface area contributed by atoms with Crippen molar-refractivity contribution >= 4 is 28.6 Å². The van der Waals surface area contributed by atoms with Gasteiger partial charge in [-0.15, -0.1) is 16.4 Å². The van der Waals surface area contributed by atoms with E-state index in [1.807, 2.05) is 66.2 Å². The Hall–Kier alpha value is -3.65. The minimum Gasteiger partial charge on any atom is -0.497 e. The summed E-state index contributed by atoms with van der Waals surface area (Å²) in [6, 6.07) is 17.5. The highest BCUT2D eigenvalue weighted by Crippen LogP contribution is 2.30. The summed E-state index contributed by atoms with van der Waals surface area (Å²) in [7, 11) is 1.64. The van der Waals surface area contributed by atoms with Gasteiger partial charge < -0.3 is 15.8 Å². The number of methoxy groups -OCH3 is 1. The molecule has 31 heavy (non-hydrogen) atoms. The Labute approximate surface area is 184 Å². The van der Waals surface area contributed by atoms with Crippen molar-refractivity contribution in [1.29, 1.82) is 0 Å². The molecular weight excluding hydrogens is 410 g/mol. The Morgan fingerprint density at radius 1 is 1.19 bits per heavy atom. The number of ether oxygens (including phenoxy) is 1. The van der Waals surface area contributed by atoms with Gasteiger partial charge in [0.1, 0.15) is 5.75 Å². The van der Waals surface area contributed by atoms with Gasteiger partial charge in [0.25, 0.3) is 0 Å². The van der Waals surface area contributed by atoms with Gasteiger partial charge in [0.05, 0.1) is 30.7 Å². The van der Waals surface area contributed by atoms with E-state index in [2.05, 4.69) is 15.6 Å². The number of nitrogens with one attached hydrogen (secondary N) is 1. The lowest BCUT2D eigenvalue weighted by Crippen LogP contribution is -2.13. The second kappa shape index (κ2) is 9.44. The van der Waals surface area contributed by atoms with Gasteiger partial charge in [-0.25, -0.2) is 4.68 Å². The Balaban J connectivity index is 1.32. The number of aromatic nitrogens is 3. The summed E-state index contributed by atoms with van der Waals surface area (Å²) in [5.74, 6) is 0.704. The number of hydrogen-bond acceptors (Lipinski definition) is 6. The van der Waals surface area contributed by atoms with Gasteiger partial charge in [0.15, 0.2) is 0 Å². The van der Waals surface area contributed by atoms with E-state index in [-0.39, 0.29) is 5.91 Å². The molecule has 8 heteroatoms. The van der Waals surface area contributed by atoms with Crippen LogP contribution in [-0.2, 0) is 17.8 Å². The predicted molar refractivity (Wildman–Crippen MR) is 123 cm³/mol. The molecule has 0 fully saturated rings. The van der Waals surface area contributed by atoms with E-state index in [0.717, 1.165) is 27.4 Å². The molecule has 7 nitrogen and oxygen atoms in total. The molecule has 4 aromatic rings. The Morgan fingerprint density at radius 2 is 2.03 bits per heavy atom. The first-order chi connectivity index (χ1) is 15.1. The summed E-state index contributed by atoms with van der Waals surface area (Å²) >= 11 is 1.64. The highest BCUT2D eigenvalue weighted by molar-refractivity contribution is 7.13. The van der Waals surface area contributed by atoms with Gasteiger partial charge >= 0.3 is 0 Å². The summed E-state index contributed by atoms with van der Waals surface area (Å²) < 4.78 is 6.93. The largest absolute Gasteiger partial charge is 0.497 e. The molecule has 0 saturated heterocycles. The van der Waals surface area contributed by atoms with Crippen molar-refractivity contribution < 1.29 is 9.53 Å². The molecule has 1 amide bonds. The zero-order valence-electron chi connectivity index (χ0n) is 17.1. The number of benzene rings is 2. The standard InChI is InChI=1S/C23H23N5O2S/c1-30-19-8-4-16(5-9-19)14-28-15-18(26-27-28)7-11-23(29)25-21-13-17(6-10-20(21)24)22-3-2-12-31-22/h2-6,8-10,12-13,15H,7,11,14,24H2,1H3,(H,25,29). The lowest BCUT2D eigenvalue weighted by Gasteiger charge is -2.09. The molecule has 0 bridgehead atoms. The third kappa shape index (κ3) is 5.29. The first-order valence-corrected chi connectivity index (χ1v) is 10.7. The van der Waals surface area contributed by atoms with Crippen LogP contribution in [-0.4, -0.2) is 28.0 Å². The van der Waals surface area contributed by atoms with Crippen LogP contribution in [0.2, 0.25) is 0 Å². The smallest absolute Gasteiger partial charge is 0.224 e. The molecule has 2 heterocycles. The van der Waals surface area contributed by atoms with Crippen LogP contribution < -0.4 is 15.8 Å². The van der Waals surface area contributed by atoms with Gasteiger partial charge in [-0.1, -0.05) is 29.5 Å². The molecule has 2 aromatic heterocycles. The average Bonchev–Trinajstić information content (AvgIpc) is 3.47. The van der Waals surface area contributed by atoms with Crippen LogP contribution in [0, 0.1) is 0 Å². The number of rotatable bonds is 8. The zero-order valence-corrected chi connectivity index (χ0v) is 17.9. The maximum absolute atomic E-state index is 12.5. The summed E-state index contributed by atoms with van der Waals surface area (Å²) in [5, 5.41) is 13.3. The molecule has 2 aromatic carbocycles. The maximum atomic E-state index is 12.5. The lowest BCUT2D eigenvalue weighted by atomic mass is 10.1. The summed E-state index contributed by atoms with van der Waals surface area (Å²) in [4.78, 5) is 13.6. The van der Waals surface area contributed by atoms with E-state index < -0.39 is 0 Å². The molecule has 0 spiro atoms. The van der Waals surface area contributed by atoms with Gasteiger partial charge in [-0.3, -0.25) is 4.79 Å². The Morgan fingerprint density at radius 3 is 2.77 bits per heavy atom. The predicted octanol–water partition coefficient (Wildman–Crippen LogP) is 4.22. The fraction of sp³-hybridized carbons (Fsp3) is 0.174. The highest BCUT2D eigenvalue weighted by atomic mass is 32.1. The number of hydrogen-bond donors (Lipinski definition) is 2. The van der Waals surface area contributed by atoms with E-state index in [9.17, 15) is 4.79 Å². The number of nitrogens with two attached hydrogens (primary N) is 1. The number of amides is 1. The van der Waals surface area contributed by atoms with Crippen LogP contribution in [0.4, 0.5) is 11.4 Å². The van der Waals surface area contributed by atoms with Crippen molar-refractivity contribution in [2.45, 2.75) is 19.4 Å². The van der Waals surface area contributed by atoms with E-state index in [1.54, 1.807) is 23.1 Å². The molecule has 3 N–H and O–H groups in total. The zero-order chi connectivity index (χ0) is 21.6. The maximum Gasteiger partial charge on any atom is 0.224 e. The quantitative estimate of drug-likeness (QED) is 0.406. The first kappa shape index (κ1) is 20.6. The molecule has 0 radical (unpaired) electrons. The van der Waals surface area contributed by atoms with Gasteiger partial charge in [-0.05, 0) is 46.8 Å². The normalized spacial score (nSPS) is 10.7. The first-order valence-electron chi connectivity index (χ1n) is 9.86. The van der Waals surface area contributed by atoms with E-state index in [0.29, 0.717) is 30.8 Å². The second-order valence-corrected chi connectivity index (χ2v) is 8.03. The van der Waals surface area contributed by atoms with Crippen LogP contribution in [0.1, 0.15) is 17.7 Å². The van der Waals surface area contributed by atoms with Gasteiger partial charge in [0.2, 0.25) is 5.91 Å². The summed E-state index contributed by atoms with van der Waals surface area (Å²) in [5.41, 5.74) is 10.1. The summed E-state index contributed by atoms with van der Waals surface area (Å²) in [6.07, 6.45) is 2.66. The van der Waals surface area contributed by atoms with Crippen molar-refractivity contribution in [2.75, 3.05) is 18.2 Å². The summed E-state index contributed by atoms with van der Waals surface area (Å²) in [6.45, 7) is 0.606. The number of nitrogens with zero attached hydrogens (tertiary/aromatic N) is 3. The molecule has 0 atom stereocenters. The number of nitrogen functional groups attached to an aromatic ring is 1. The topological polar surface area (TPSA) is 95.1 Å². The molecular formula is C23H23N5O2S. The number of carbonyl (C=O) groups excluding carboxylic acids is 1. The van der Waals surface area contributed by atoms with Crippen molar-refractivity contribution in [3.05, 3.63) is 77.4 Å². The number of aryl methyl sites for hydroxylation is 1. The van der Waals surface area contributed by atoms with Crippen molar-refractivity contribution in [3.63, 3.8) is 0 Å². The van der Waals surface area contributed by atoms with Gasteiger partial charge in [0, 0.05) is 23.9 Å². The molecule has 0 aliphatic carbocycles. The molecule has 158 valence electrons. The second-order valence-electron chi connectivity index (χ2n) is 7.08. The Kier molecular flexibility index (Phi) is 6.28. The SMILES string of the molecule is COc1ccc(Cn2cc(CCC(=O)Nc3cc(-c4cccs4)ccc3N)nn2)cc1. The van der Waals surface area contributed by atoms with Crippen LogP contribution in [0.25, 0.3) is 10.4 Å². The van der Waals surface area contributed by atoms with Crippen molar-refractivity contribution in [1.82, 2.24) is 15.0 Å². The number of thiophene rings is 1. The average molecular weight is 434 g/mol. The van der Waals surface area contributed by atoms with E-state index in [1.165, 1.54) is 0 Å². The van der Waals surface area contributed by atoms with Crippen LogP contribution in [0.3, 0.4) is 0 Å². The minimum atomic E-state index is -0.111. The third-order valence-electron chi connectivity index (χ3n) is 4.83. The van der Waals surface area contributed by atoms with E-state index in [4.69, 9.17) is 10.5 Å².